The number of nitrogens with zero attached hydrogens (tertiary/aromatic N) is 2. The lowest BCUT2D eigenvalue weighted by Gasteiger charge is -2.19. The summed E-state index contributed by atoms with van der Waals surface area (Å²) < 4.78 is 3.08. The molecule has 1 atom stereocenters. The van der Waals surface area contributed by atoms with Gasteiger partial charge in [-0.25, -0.2) is 10.1 Å². The molecule has 5 heteroatoms. The zero-order valence-electron chi connectivity index (χ0n) is 11.3. The molecule has 0 radical (unpaired) electrons. The average molecular weight is 390 g/mol. The number of hydrazine groups is 1. The molecule has 0 amide bonds. The lowest BCUT2D eigenvalue weighted by atomic mass is 10.0. The van der Waals surface area contributed by atoms with Gasteiger partial charge >= 0.3 is 0 Å². The Hall–Kier alpha value is -1.70. The van der Waals surface area contributed by atoms with Gasteiger partial charge in [-0.3, -0.25) is 5.84 Å². The summed E-state index contributed by atoms with van der Waals surface area (Å²) in [6.45, 7) is 0. The van der Waals surface area contributed by atoms with Crippen LogP contribution in [0.4, 0.5) is 0 Å². The van der Waals surface area contributed by atoms with Gasteiger partial charge in [-0.2, -0.15) is 5.10 Å². The molecule has 0 bridgehead atoms. The lowest BCUT2D eigenvalue weighted by molar-refractivity contribution is 0.595. The quantitative estimate of drug-likeness (QED) is 0.409. The van der Waals surface area contributed by atoms with Gasteiger partial charge in [0.1, 0.15) is 0 Å². The van der Waals surface area contributed by atoms with E-state index in [0.29, 0.717) is 0 Å². The first-order valence-electron chi connectivity index (χ1n) is 6.61. The zero-order valence-corrected chi connectivity index (χ0v) is 13.4. The SMILES string of the molecule is NNC(c1ccccc1I)c1ccnn1-c1ccccc1. The average Bonchev–Trinajstić information content (AvgIpc) is 3.00. The fraction of sp³-hybridized carbons (Fsp3) is 0.0625. The second-order valence-corrected chi connectivity index (χ2v) is 5.79. The van der Waals surface area contributed by atoms with Crippen molar-refractivity contribution in [1.82, 2.24) is 15.2 Å². The van der Waals surface area contributed by atoms with E-state index >= 15 is 0 Å². The summed E-state index contributed by atoms with van der Waals surface area (Å²) in [5.74, 6) is 5.82. The maximum absolute atomic E-state index is 5.82. The molecule has 1 heterocycles. The predicted molar refractivity (Wildman–Crippen MR) is 91.9 cm³/mol. The molecule has 0 saturated carbocycles. The molecule has 3 aromatic rings. The Balaban J connectivity index is 2.08. The number of nitrogens with two attached hydrogens (primary N) is 1. The molecule has 0 aliphatic rings. The van der Waals surface area contributed by atoms with Crippen LogP contribution in [-0.2, 0) is 0 Å². The molecule has 0 aliphatic carbocycles. The van der Waals surface area contributed by atoms with Gasteiger partial charge in [-0.15, -0.1) is 0 Å². The summed E-state index contributed by atoms with van der Waals surface area (Å²) in [6.07, 6.45) is 1.79. The third-order valence-electron chi connectivity index (χ3n) is 3.35. The highest BCUT2D eigenvalue weighted by atomic mass is 127. The van der Waals surface area contributed by atoms with Gasteiger partial charge in [-0.05, 0) is 52.4 Å². The summed E-state index contributed by atoms with van der Waals surface area (Å²) in [4.78, 5) is 0. The predicted octanol–water partition coefficient (Wildman–Crippen LogP) is 3.03. The summed E-state index contributed by atoms with van der Waals surface area (Å²) in [5.41, 5.74) is 6.07. The van der Waals surface area contributed by atoms with E-state index in [1.165, 1.54) is 3.57 Å². The molecule has 0 spiro atoms. The van der Waals surface area contributed by atoms with Crippen LogP contribution in [0.5, 0.6) is 0 Å². The molecular formula is C16H15IN4. The summed E-state index contributed by atoms with van der Waals surface area (Å²) in [6, 6.07) is 20.1. The third-order valence-corrected chi connectivity index (χ3v) is 4.33. The summed E-state index contributed by atoms with van der Waals surface area (Å²) >= 11 is 2.33. The normalized spacial score (nSPS) is 12.3. The van der Waals surface area contributed by atoms with Crippen molar-refractivity contribution in [3.05, 3.63) is 81.7 Å². The first kappa shape index (κ1) is 14.2. The minimum Gasteiger partial charge on any atom is -0.271 e. The molecule has 1 aromatic heterocycles. The molecule has 4 nitrogen and oxygen atoms in total. The van der Waals surface area contributed by atoms with Crippen LogP contribution in [0.25, 0.3) is 5.69 Å². The van der Waals surface area contributed by atoms with Crippen molar-refractivity contribution in [2.24, 2.45) is 5.84 Å². The Morgan fingerprint density at radius 2 is 1.71 bits per heavy atom. The molecule has 3 rings (SSSR count). The van der Waals surface area contributed by atoms with Gasteiger partial charge in [0.2, 0.25) is 0 Å². The topological polar surface area (TPSA) is 55.9 Å². The molecule has 106 valence electrons. The van der Waals surface area contributed by atoms with Crippen molar-refractivity contribution in [3.63, 3.8) is 0 Å². The lowest BCUT2D eigenvalue weighted by Crippen LogP contribution is -2.31. The largest absolute Gasteiger partial charge is 0.271 e. The van der Waals surface area contributed by atoms with E-state index in [1.807, 2.05) is 53.2 Å². The van der Waals surface area contributed by atoms with E-state index in [4.69, 9.17) is 5.84 Å². The Labute approximate surface area is 137 Å². The van der Waals surface area contributed by atoms with Gasteiger partial charge in [-0.1, -0.05) is 36.4 Å². The van der Waals surface area contributed by atoms with Crippen molar-refractivity contribution in [1.29, 1.82) is 0 Å². The summed E-state index contributed by atoms with van der Waals surface area (Å²) in [7, 11) is 0. The molecule has 0 aliphatic heterocycles. The van der Waals surface area contributed by atoms with Gasteiger partial charge in [0.25, 0.3) is 0 Å². The highest BCUT2D eigenvalue weighted by Gasteiger charge is 2.19. The fourth-order valence-corrected chi connectivity index (χ4v) is 3.06. The summed E-state index contributed by atoms with van der Waals surface area (Å²) in [5, 5.41) is 4.43. The van der Waals surface area contributed by atoms with Crippen LogP contribution in [-0.4, -0.2) is 9.78 Å². The Kier molecular flexibility index (Phi) is 4.33. The van der Waals surface area contributed by atoms with Crippen molar-refractivity contribution in [2.45, 2.75) is 6.04 Å². The molecule has 0 fully saturated rings. The number of nitrogens with one attached hydrogen (secondary N) is 1. The zero-order chi connectivity index (χ0) is 14.7. The van der Waals surface area contributed by atoms with E-state index in [1.54, 1.807) is 6.20 Å². The van der Waals surface area contributed by atoms with Gasteiger partial charge in [0.15, 0.2) is 0 Å². The highest BCUT2D eigenvalue weighted by molar-refractivity contribution is 14.1. The first-order chi connectivity index (χ1) is 10.3. The van der Waals surface area contributed by atoms with E-state index in [2.05, 4.69) is 45.2 Å². The standard InChI is InChI=1S/C16H15IN4/c17-14-9-5-4-8-13(14)16(20-18)15-10-11-19-21(15)12-6-2-1-3-7-12/h1-11,16,20H,18H2. The highest BCUT2D eigenvalue weighted by Crippen LogP contribution is 2.26. The molecule has 1 unspecified atom stereocenters. The monoisotopic (exact) mass is 390 g/mol. The number of para-hydroxylation sites is 1. The molecular weight excluding hydrogens is 375 g/mol. The fourth-order valence-electron chi connectivity index (χ4n) is 2.36. The van der Waals surface area contributed by atoms with Crippen LogP contribution in [0.2, 0.25) is 0 Å². The van der Waals surface area contributed by atoms with Crippen LogP contribution in [0.1, 0.15) is 17.3 Å². The van der Waals surface area contributed by atoms with Gasteiger partial charge < -0.3 is 0 Å². The van der Waals surface area contributed by atoms with Crippen LogP contribution in [0, 0.1) is 3.57 Å². The van der Waals surface area contributed by atoms with E-state index in [-0.39, 0.29) is 6.04 Å². The van der Waals surface area contributed by atoms with Gasteiger partial charge in [0.05, 0.1) is 17.4 Å². The van der Waals surface area contributed by atoms with Gasteiger partial charge in [0, 0.05) is 9.77 Å². The molecule has 21 heavy (non-hydrogen) atoms. The maximum Gasteiger partial charge on any atom is 0.0893 e. The van der Waals surface area contributed by atoms with Crippen molar-refractivity contribution in [2.75, 3.05) is 0 Å². The van der Waals surface area contributed by atoms with Crippen molar-refractivity contribution < 1.29 is 0 Å². The molecule has 0 saturated heterocycles. The van der Waals surface area contributed by atoms with Crippen LogP contribution < -0.4 is 11.3 Å². The first-order valence-corrected chi connectivity index (χ1v) is 7.69. The van der Waals surface area contributed by atoms with E-state index in [9.17, 15) is 0 Å². The Bertz CT molecular complexity index is 724. The smallest absolute Gasteiger partial charge is 0.0893 e. The Morgan fingerprint density at radius 3 is 2.43 bits per heavy atom. The van der Waals surface area contributed by atoms with Crippen LogP contribution in [0.15, 0.2) is 66.9 Å². The van der Waals surface area contributed by atoms with Crippen molar-refractivity contribution in [3.8, 4) is 5.69 Å². The number of aromatic nitrogens is 2. The molecule has 2 aromatic carbocycles. The number of halogens is 1. The number of hydrogen-bond donors (Lipinski definition) is 2. The Morgan fingerprint density at radius 1 is 1.00 bits per heavy atom. The second-order valence-electron chi connectivity index (χ2n) is 4.62. The third kappa shape index (κ3) is 2.85. The van der Waals surface area contributed by atoms with Crippen LogP contribution >= 0.6 is 22.6 Å². The minimum absolute atomic E-state index is 0.110. The maximum atomic E-state index is 5.82. The number of benzene rings is 2. The minimum atomic E-state index is -0.110. The molecule has 3 N–H and O–H groups in total. The second kappa shape index (κ2) is 6.38. The van der Waals surface area contributed by atoms with Crippen LogP contribution in [0.3, 0.4) is 0 Å². The van der Waals surface area contributed by atoms with Crippen molar-refractivity contribution >= 4 is 22.6 Å². The van der Waals surface area contributed by atoms with E-state index in [0.717, 1.165) is 16.9 Å². The number of rotatable bonds is 4. The van der Waals surface area contributed by atoms with E-state index < -0.39 is 0 Å². The number of hydrogen-bond acceptors (Lipinski definition) is 3.